The highest BCUT2D eigenvalue weighted by atomic mass is 79.9. The number of hydrogen-bond acceptors (Lipinski definition) is 2. The number of halogens is 4. The predicted octanol–water partition coefficient (Wildman–Crippen LogP) is 3.96. The number of aryl methyl sites for hydroxylation is 1. The maximum absolute atomic E-state index is 12.7. The molecule has 0 aliphatic heterocycles. The van der Waals surface area contributed by atoms with E-state index >= 15 is 0 Å². The third-order valence-corrected chi connectivity index (χ3v) is 3.74. The zero-order valence-electron chi connectivity index (χ0n) is 11.2. The van der Waals surface area contributed by atoms with Crippen molar-refractivity contribution >= 4 is 15.9 Å². The van der Waals surface area contributed by atoms with Crippen molar-refractivity contribution in [1.29, 1.82) is 0 Å². The number of nitrogens with zero attached hydrogens (tertiary/aromatic N) is 2. The molecular weight excluding hydrogens is 349 g/mol. The largest absolute Gasteiger partial charge is 0.416 e. The Bertz CT molecular complexity index is 625. The van der Waals surface area contributed by atoms with Gasteiger partial charge in [-0.3, -0.25) is 4.68 Å². The third-order valence-electron chi connectivity index (χ3n) is 3.13. The Balaban J connectivity index is 2.24. The molecule has 0 radical (unpaired) electrons. The van der Waals surface area contributed by atoms with Gasteiger partial charge < -0.3 is 5.11 Å². The molecule has 21 heavy (non-hydrogen) atoms. The number of aliphatic hydroxyl groups is 1. The summed E-state index contributed by atoms with van der Waals surface area (Å²) in [6.07, 6.45) is -3.65. The number of alkyl halides is 3. The maximum atomic E-state index is 12.7. The number of hydrogen-bond donors (Lipinski definition) is 1. The molecule has 2 rings (SSSR count). The van der Waals surface area contributed by atoms with Crippen LogP contribution in [0.3, 0.4) is 0 Å². The summed E-state index contributed by atoms with van der Waals surface area (Å²) < 4.78 is 40.3. The van der Waals surface area contributed by atoms with Crippen LogP contribution in [0, 0.1) is 0 Å². The van der Waals surface area contributed by atoms with E-state index in [2.05, 4.69) is 21.0 Å². The van der Waals surface area contributed by atoms with E-state index in [1.807, 2.05) is 6.92 Å². The fourth-order valence-corrected chi connectivity index (χ4v) is 2.71. The Morgan fingerprint density at radius 1 is 1.38 bits per heavy atom. The Morgan fingerprint density at radius 2 is 2.10 bits per heavy atom. The molecule has 0 saturated carbocycles. The second-order valence-electron chi connectivity index (χ2n) is 4.61. The number of benzene rings is 1. The van der Waals surface area contributed by atoms with Crippen molar-refractivity contribution in [2.75, 3.05) is 0 Å². The molecule has 1 unspecified atom stereocenters. The lowest BCUT2D eigenvalue weighted by atomic mass is 10.0. The van der Waals surface area contributed by atoms with Crippen LogP contribution in [0.25, 0.3) is 0 Å². The highest BCUT2D eigenvalue weighted by Crippen LogP contribution is 2.31. The Kier molecular flexibility index (Phi) is 4.73. The van der Waals surface area contributed by atoms with E-state index in [0.29, 0.717) is 22.3 Å². The minimum Gasteiger partial charge on any atom is -0.386 e. The van der Waals surface area contributed by atoms with Crippen molar-refractivity contribution < 1.29 is 18.3 Å². The molecule has 0 amide bonds. The van der Waals surface area contributed by atoms with Gasteiger partial charge in [-0.05, 0) is 34.5 Å². The van der Waals surface area contributed by atoms with Crippen LogP contribution in [0.15, 0.2) is 34.9 Å². The van der Waals surface area contributed by atoms with E-state index in [-0.39, 0.29) is 6.42 Å². The summed E-state index contributed by atoms with van der Waals surface area (Å²) in [5, 5.41) is 14.4. The first kappa shape index (κ1) is 16.0. The third kappa shape index (κ3) is 3.65. The van der Waals surface area contributed by atoms with Gasteiger partial charge in [0.25, 0.3) is 0 Å². The molecule has 0 fully saturated rings. The van der Waals surface area contributed by atoms with Crippen LogP contribution < -0.4 is 0 Å². The summed E-state index contributed by atoms with van der Waals surface area (Å²) in [5.74, 6) is 0. The van der Waals surface area contributed by atoms with Crippen LogP contribution in [0.2, 0.25) is 0 Å². The topological polar surface area (TPSA) is 38.0 Å². The smallest absolute Gasteiger partial charge is 0.386 e. The van der Waals surface area contributed by atoms with E-state index in [0.717, 1.165) is 12.1 Å². The molecule has 0 aliphatic carbocycles. The average Bonchev–Trinajstić information content (AvgIpc) is 2.79. The van der Waals surface area contributed by atoms with Gasteiger partial charge in [0.2, 0.25) is 0 Å². The summed E-state index contributed by atoms with van der Waals surface area (Å²) in [6, 6.07) is 4.99. The molecule has 7 heteroatoms. The van der Waals surface area contributed by atoms with E-state index < -0.39 is 17.8 Å². The SMILES string of the molecule is CCn1ncc(Br)c1C(O)Cc1cccc(C(F)(F)F)c1. The van der Waals surface area contributed by atoms with Crippen molar-refractivity contribution in [1.82, 2.24) is 9.78 Å². The molecule has 1 aromatic carbocycles. The fraction of sp³-hybridized carbons (Fsp3) is 0.357. The molecule has 0 aliphatic rings. The lowest BCUT2D eigenvalue weighted by Crippen LogP contribution is -2.11. The maximum Gasteiger partial charge on any atom is 0.416 e. The molecular formula is C14H14BrF3N2O. The van der Waals surface area contributed by atoms with Gasteiger partial charge in [0, 0.05) is 13.0 Å². The molecule has 3 nitrogen and oxygen atoms in total. The number of aromatic nitrogens is 2. The quantitative estimate of drug-likeness (QED) is 0.893. The van der Waals surface area contributed by atoms with Gasteiger partial charge in [0.05, 0.1) is 21.9 Å². The van der Waals surface area contributed by atoms with Crippen LogP contribution in [0.4, 0.5) is 13.2 Å². The lowest BCUT2D eigenvalue weighted by Gasteiger charge is -2.14. The first-order valence-corrected chi connectivity index (χ1v) is 7.17. The summed E-state index contributed by atoms with van der Waals surface area (Å²) in [6.45, 7) is 2.44. The number of aliphatic hydroxyl groups excluding tert-OH is 1. The molecule has 1 N–H and O–H groups in total. The first-order valence-electron chi connectivity index (χ1n) is 6.38. The van der Waals surface area contributed by atoms with Crippen molar-refractivity contribution in [3.63, 3.8) is 0 Å². The molecule has 1 heterocycles. The van der Waals surface area contributed by atoms with E-state index in [4.69, 9.17) is 0 Å². The van der Waals surface area contributed by atoms with E-state index in [9.17, 15) is 18.3 Å². The summed E-state index contributed by atoms with van der Waals surface area (Å²) in [7, 11) is 0. The van der Waals surface area contributed by atoms with Gasteiger partial charge in [-0.1, -0.05) is 18.2 Å². The Hall–Kier alpha value is -1.34. The first-order chi connectivity index (χ1) is 9.82. The van der Waals surface area contributed by atoms with Crippen molar-refractivity contribution in [2.24, 2.45) is 0 Å². The van der Waals surface area contributed by atoms with Crippen LogP contribution in [-0.4, -0.2) is 14.9 Å². The van der Waals surface area contributed by atoms with Gasteiger partial charge in [-0.2, -0.15) is 18.3 Å². The monoisotopic (exact) mass is 362 g/mol. The minimum absolute atomic E-state index is 0.0915. The van der Waals surface area contributed by atoms with Crippen molar-refractivity contribution in [3.05, 3.63) is 51.8 Å². The lowest BCUT2D eigenvalue weighted by molar-refractivity contribution is -0.137. The van der Waals surface area contributed by atoms with Crippen LogP contribution in [-0.2, 0) is 19.1 Å². The van der Waals surface area contributed by atoms with Gasteiger partial charge >= 0.3 is 6.18 Å². The van der Waals surface area contributed by atoms with Gasteiger partial charge in [-0.25, -0.2) is 0 Å². The zero-order valence-corrected chi connectivity index (χ0v) is 12.8. The highest BCUT2D eigenvalue weighted by molar-refractivity contribution is 9.10. The van der Waals surface area contributed by atoms with Gasteiger partial charge in [0.15, 0.2) is 0 Å². The molecule has 2 aromatic rings. The van der Waals surface area contributed by atoms with E-state index in [1.54, 1.807) is 16.9 Å². The predicted molar refractivity (Wildman–Crippen MR) is 75.7 cm³/mol. The van der Waals surface area contributed by atoms with Crippen molar-refractivity contribution in [2.45, 2.75) is 32.2 Å². The molecule has 1 atom stereocenters. The molecule has 1 aromatic heterocycles. The highest BCUT2D eigenvalue weighted by Gasteiger charge is 2.30. The minimum atomic E-state index is -4.38. The van der Waals surface area contributed by atoms with Gasteiger partial charge in [-0.15, -0.1) is 0 Å². The second kappa shape index (κ2) is 6.19. The fourth-order valence-electron chi connectivity index (χ4n) is 2.15. The van der Waals surface area contributed by atoms with Crippen LogP contribution in [0.1, 0.15) is 29.8 Å². The Labute approximate surface area is 128 Å². The van der Waals surface area contributed by atoms with Gasteiger partial charge in [0.1, 0.15) is 6.10 Å². The second-order valence-corrected chi connectivity index (χ2v) is 5.47. The van der Waals surface area contributed by atoms with E-state index in [1.165, 1.54) is 6.07 Å². The molecule has 0 saturated heterocycles. The van der Waals surface area contributed by atoms with Crippen LogP contribution in [0.5, 0.6) is 0 Å². The Morgan fingerprint density at radius 3 is 2.71 bits per heavy atom. The van der Waals surface area contributed by atoms with Crippen LogP contribution >= 0.6 is 15.9 Å². The number of rotatable bonds is 4. The average molecular weight is 363 g/mol. The summed E-state index contributed by atoms with van der Waals surface area (Å²) in [5.41, 5.74) is 0.276. The standard InChI is InChI=1S/C14H14BrF3N2O/c1-2-20-13(11(15)8-19-20)12(21)7-9-4-3-5-10(6-9)14(16,17)18/h3-6,8,12,21H,2,7H2,1H3. The molecule has 114 valence electrons. The zero-order chi connectivity index (χ0) is 15.6. The normalized spacial score (nSPS) is 13.4. The molecule has 0 bridgehead atoms. The summed E-state index contributed by atoms with van der Waals surface area (Å²) in [4.78, 5) is 0. The molecule has 0 spiro atoms. The summed E-state index contributed by atoms with van der Waals surface area (Å²) >= 11 is 3.29. The van der Waals surface area contributed by atoms with Crippen molar-refractivity contribution in [3.8, 4) is 0 Å².